The number of carbonyl (C=O) groups excluding carboxylic acids is 1. The lowest BCUT2D eigenvalue weighted by atomic mass is 9.94. The monoisotopic (exact) mass is 157 g/mol. The normalized spacial score (nSPS) is 24.7. The molecule has 1 fully saturated rings. The van der Waals surface area contributed by atoms with Gasteiger partial charge in [-0.1, -0.05) is 6.42 Å². The molecule has 1 aliphatic carbocycles. The number of hydrogen-bond donors (Lipinski definition) is 2. The van der Waals surface area contributed by atoms with Gasteiger partial charge >= 0.3 is 6.09 Å². The highest BCUT2D eigenvalue weighted by Crippen LogP contribution is 2.13. The van der Waals surface area contributed by atoms with Crippen molar-refractivity contribution < 1.29 is 14.7 Å². The molecule has 0 heterocycles. The number of hydrogen-bond acceptors (Lipinski definition) is 2. The highest BCUT2D eigenvalue weighted by molar-refractivity contribution is 5.87. The van der Waals surface area contributed by atoms with Gasteiger partial charge in [0.15, 0.2) is 5.78 Å². The zero-order valence-corrected chi connectivity index (χ0v) is 6.17. The smallest absolute Gasteiger partial charge is 0.405 e. The standard InChI is InChI=1S/C7H11NO3/c9-6-4-2-1-3-5(6)8-7(10)11/h5,8H,1-4H2,(H,10,11). The lowest BCUT2D eigenvalue weighted by Crippen LogP contribution is -2.41. The average molecular weight is 157 g/mol. The van der Waals surface area contributed by atoms with E-state index in [1.165, 1.54) is 0 Å². The van der Waals surface area contributed by atoms with E-state index in [4.69, 9.17) is 5.11 Å². The van der Waals surface area contributed by atoms with E-state index in [0.29, 0.717) is 12.8 Å². The Morgan fingerprint density at radius 3 is 2.82 bits per heavy atom. The van der Waals surface area contributed by atoms with Crippen LogP contribution >= 0.6 is 0 Å². The molecule has 0 spiro atoms. The zero-order valence-electron chi connectivity index (χ0n) is 6.17. The molecule has 1 atom stereocenters. The molecule has 4 heteroatoms. The quantitative estimate of drug-likeness (QED) is 0.590. The molecular weight excluding hydrogens is 146 g/mol. The van der Waals surface area contributed by atoms with Crippen molar-refractivity contribution in [3.63, 3.8) is 0 Å². The maximum atomic E-state index is 11.0. The molecule has 0 aromatic carbocycles. The lowest BCUT2D eigenvalue weighted by molar-refractivity contribution is -0.122. The van der Waals surface area contributed by atoms with Crippen LogP contribution in [0.5, 0.6) is 0 Å². The van der Waals surface area contributed by atoms with E-state index in [1.807, 2.05) is 0 Å². The molecule has 11 heavy (non-hydrogen) atoms. The van der Waals surface area contributed by atoms with Gasteiger partial charge < -0.3 is 10.4 Å². The van der Waals surface area contributed by atoms with Gasteiger partial charge in [-0.25, -0.2) is 4.79 Å². The highest BCUT2D eigenvalue weighted by atomic mass is 16.4. The molecule has 2 N–H and O–H groups in total. The summed E-state index contributed by atoms with van der Waals surface area (Å²) in [6, 6.07) is -0.443. The minimum atomic E-state index is -1.11. The second kappa shape index (κ2) is 3.37. The minimum Gasteiger partial charge on any atom is -0.465 e. The van der Waals surface area contributed by atoms with Crippen LogP contribution in [0.4, 0.5) is 4.79 Å². The molecule has 1 saturated carbocycles. The maximum Gasteiger partial charge on any atom is 0.405 e. The Morgan fingerprint density at radius 2 is 2.27 bits per heavy atom. The van der Waals surface area contributed by atoms with Crippen molar-refractivity contribution in [2.45, 2.75) is 31.7 Å². The number of carboxylic acid groups (broad SMARTS) is 1. The molecule has 0 aliphatic heterocycles. The number of amides is 1. The first-order valence-corrected chi connectivity index (χ1v) is 3.72. The van der Waals surface area contributed by atoms with Crippen molar-refractivity contribution in [3.8, 4) is 0 Å². The molecule has 0 bridgehead atoms. The number of ketones is 1. The van der Waals surface area contributed by atoms with Crippen LogP contribution in [0.3, 0.4) is 0 Å². The van der Waals surface area contributed by atoms with E-state index in [-0.39, 0.29) is 5.78 Å². The van der Waals surface area contributed by atoms with E-state index in [1.54, 1.807) is 0 Å². The molecule has 0 aromatic heterocycles. The summed E-state index contributed by atoms with van der Waals surface area (Å²) in [6.07, 6.45) is 1.91. The van der Waals surface area contributed by atoms with Gasteiger partial charge in [0, 0.05) is 6.42 Å². The number of Topliss-reactive ketones (excluding diaryl/α,β-unsaturated/α-hetero) is 1. The topological polar surface area (TPSA) is 66.4 Å². The fraction of sp³-hybridized carbons (Fsp3) is 0.714. The van der Waals surface area contributed by atoms with E-state index in [2.05, 4.69) is 5.32 Å². The van der Waals surface area contributed by atoms with Crippen LogP contribution in [-0.4, -0.2) is 23.0 Å². The van der Waals surface area contributed by atoms with Crippen molar-refractivity contribution in [2.24, 2.45) is 0 Å². The highest BCUT2D eigenvalue weighted by Gasteiger charge is 2.22. The van der Waals surface area contributed by atoms with Gasteiger partial charge in [-0.05, 0) is 12.8 Å². The molecule has 0 aromatic rings. The molecular formula is C7H11NO3. The summed E-state index contributed by atoms with van der Waals surface area (Å²) in [5.41, 5.74) is 0. The van der Waals surface area contributed by atoms with Gasteiger partial charge in [-0.3, -0.25) is 4.79 Å². The van der Waals surface area contributed by atoms with Crippen molar-refractivity contribution in [1.29, 1.82) is 0 Å². The Labute approximate surface area is 64.6 Å². The second-order valence-electron chi connectivity index (χ2n) is 2.71. The van der Waals surface area contributed by atoms with Crippen LogP contribution in [0.25, 0.3) is 0 Å². The van der Waals surface area contributed by atoms with Crippen LogP contribution in [0, 0.1) is 0 Å². The first-order chi connectivity index (χ1) is 5.20. The molecule has 0 radical (unpaired) electrons. The second-order valence-corrected chi connectivity index (χ2v) is 2.71. The first-order valence-electron chi connectivity index (χ1n) is 3.72. The molecule has 62 valence electrons. The predicted molar refractivity (Wildman–Crippen MR) is 38.4 cm³/mol. The Hall–Kier alpha value is -1.06. The van der Waals surface area contributed by atoms with Gasteiger partial charge in [0.2, 0.25) is 0 Å². The molecule has 1 rings (SSSR count). The van der Waals surface area contributed by atoms with Crippen LogP contribution in [0.2, 0.25) is 0 Å². The van der Waals surface area contributed by atoms with Crippen molar-refractivity contribution in [1.82, 2.24) is 5.32 Å². The summed E-state index contributed by atoms with van der Waals surface area (Å²) in [4.78, 5) is 21.2. The van der Waals surface area contributed by atoms with Gasteiger partial charge in [0.05, 0.1) is 6.04 Å². The largest absolute Gasteiger partial charge is 0.465 e. The number of rotatable bonds is 1. The summed E-state index contributed by atoms with van der Waals surface area (Å²) < 4.78 is 0. The third-order valence-corrected chi connectivity index (χ3v) is 1.85. The first kappa shape index (κ1) is 8.04. The maximum absolute atomic E-state index is 11.0. The van der Waals surface area contributed by atoms with E-state index >= 15 is 0 Å². The molecule has 0 saturated heterocycles. The van der Waals surface area contributed by atoms with Crippen molar-refractivity contribution in [3.05, 3.63) is 0 Å². The predicted octanol–water partition coefficient (Wildman–Crippen LogP) is 0.766. The average Bonchev–Trinajstić information content (AvgIpc) is 1.93. The Balaban J connectivity index is 2.42. The Bertz CT molecular complexity index is 179. The molecule has 4 nitrogen and oxygen atoms in total. The third kappa shape index (κ3) is 2.22. The SMILES string of the molecule is O=C(O)NC1CCCCC1=O. The summed E-state index contributed by atoms with van der Waals surface area (Å²) >= 11 is 0. The summed E-state index contributed by atoms with van der Waals surface area (Å²) in [6.45, 7) is 0. The lowest BCUT2D eigenvalue weighted by Gasteiger charge is -2.19. The molecule has 1 unspecified atom stereocenters. The van der Waals surface area contributed by atoms with E-state index in [9.17, 15) is 9.59 Å². The van der Waals surface area contributed by atoms with Crippen molar-refractivity contribution in [2.75, 3.05) is 0 Å². The summed E-state index contributed by atoms with van der Waals surface area (Å²) in [5.74, 6) is 0.0265. The van der Waals surface area contributed by atoms with Crippen LogP contribution in [0.1, 0.15) is 25.7 Å². The van der Waals surface area contributed by atoms with Gasteiger partial charge in [-0.2, -0.15) is 0 Å². The van der Waals surface area contributed by atoms with Crippen LogP contribution < -0.4 is 5.32 Å². The van der Waals surface area contributed by atoms with Crippen LogP contribution in [0.15, 0.2) is 0 Å². The van der Waals surface area contributed by atoms with Gasteiger partial charge in [0.25, 0.3) is 0 Å². The zero-order chi connectivity index (χ0) is 8.27. The third-order valence-electron chi connectivity index (χ3n) is 1.85. The minimum absolute atomic E-state index is 0.0265. The summed E-state index contributed by atoms with van der Waals surface area (Å²) in [5, 5.41) is 10.5. The Morgan fingerprint density at radius 1 is 1.55 bits per heavy atom. The molecule has 1 amide bonds. The number of carbonyl (C=O) groups is 2. The fourth-order valence-corrected chi connectivity index (χ4v) is 1.28. The van der Waals surface area contributed by atoms with Crippen molar-refractivity contribution >= 4 is 11.9 Å². The fourth-order valence-electron chi connectivity index (χ4n) is 1.28. The molecule has 1 aliphatic rings. The van der Waals surface area contributed by atoms with E-state index in [0.717, 1.165) is 12.8 Å². The Kier molecular flexibility index (Phi) is 2.46. The van der Waals surface area contributed by atoms with E-state index < -0.39 is 12.1 Å². The van der Waals surface area contributed by atoms with Crippen LogP contribution in [-0.2, 0) is 4.79 Å². The summed E-state index contributed by atoms with van der Waals surface area (Å²) in [7, 11) is 0. The number of nitrogens with one attached hydrogen (secondary N) is 1. The van der Waals surface area contributed by atoms with Gasteiger partial charge in [0.1, 0.15) is 0 Å². The van der Waals surface area contributed by atoms with Gasteiger partial charge in [-0.15, -0.1) is 0 Å².